The van der Waals surface area contributed by atoms with E-state index in [9.17, 15) is 18.0 Å². The minimum absolute atomic E-state index is 0.0686. The van der Waals surface area contributed by atoms with Crippen molar-refractivity contribution in [2.75, 3.05) is 20.3 Å². The summed E-state index contributed by atoms with van der Waals surface area (Å²) in [6.45, 7) is 2.06. The molecule has 0 amide bonds. The number of alkyl halides is 3. The maximum atomic E-state index is 12.9. The molecule has 0 aliphatic rings. The number of para-hydroxylation sites is 1. The van der Waals surface area contributed by atoms with Crippen molar-refractivity contribution < 1.29 is 32.2 Å². The van der Waals surface area contributed by atoms with E-state index in [1.54, 1.807) is 26.1 Å². The number of aryl methyl sites for hydroxylation is 2. The van der Waals surface area contributed by atoms with Gasteiger partial charge in [-0.15, -0.1) is 0 Å². The zero-order valence-electron chi connectivity index (χ0n) is 17.7. The van der Waals surface area contributed by atoms with Gasteiger partial charge in [0.2, 0.25) is 0 Å². The fraction of sp³-hybridized carbons (Fsp3) is 0.364. The molecule has 166 valence electrons. The molecular weight excluding hydrogens is 413 g/mol. The Morgan fingerprint density at radius 3 is 2.48 bits per heavy atom. The van der Waals surface area contributed by atoms with Crippen molar-refractivity contribution in [2.24, 2.45) is 7.05 Å². The molecule has 2 aromatic heterocycles. The number of esters is 1. The van der Waals surface area contributed by atoms with E-state index in [-0.39, 0.29) is 23.4 Å². The molecule has 0 bridgehead atoms. The van der Waals surface area contributed by atoms with Gasteiger partial charge >= 0.3 is 12.1 Å². The SMILES string of the molecule is CCOC(=O)c1c(OCC(F)(F)F)c2cc(-c3ccccc3OC)c(CC)nc2n1C. The summed E-state index contributed by atoms with van der Waals surface area (Å²) < 4.78 is 55.7. The number of aromatic nitrogens is 2. The first kappa shape index (κ1) is 22.5. The van der Waals surface area contributed by atoms with Crippen LogP contribution in [0.15, 0.2) is 30.3 Å². The second-order valence-electron chi connectivity index (χ2n) is 6.77. The van der Waals surface area contributed by atoms with Gasteiger partial charge in [0.25, 0.3) is 0 Å². The normalized spacial score (nSPS) is 11.6. The maximum absolute atomic E-state index is 12.9. The molecule has 0 spiro atoms. The number of pyridine rings is 1. The number of hydrogen-bond donors (Lipinski definition) is 0. The lowest BCUT2D eigenvalue weighted by atomic mass is 10.0. The fourth-order valence-corrected chi connectivity index (χ4v) is 3.45. The lowest BCUT2D eigenvalue weighted by molar-refractivity contribution is -0.153. The summed E-state index contributed by atoms with van der Waals surface area (Å²) in [5.41, 5.74) is 2.34. The standard InChI is InChI=1S/C22H23F3N2O4/c1-5-16-14(13-9-7-8-10-17(13)29-4)11-15-19(31-12-22(23,24)25)18(21(28)30-6-2)27(3)20(15)26-16/h7-11H,5-6,12H2,1-4H3. The Hall–Kier alpha value is -3.23. The van der Waals surface area contributed by atoms with Gasteiger partial charge in [-0.3, -0.25) is 0 Å². The van der Waals surface area contributed by atoms with Crippen molar-refractivity contribution in [3.8, 4) is 22.6 Å². The van der Waals surface area contributed by atoms with Crippen LogP contribution in [-0.4, -0.2) is 42.0 Å². The molecule has 1 aromatic carbocycles. The Balaban J connectivity index is 2.31. The third-order valence-corrected chi connectivity index (χ3v) is 4.78. The van der Waals surface area contributed by atoms with Gasteiger partial charge < -0.3 is 18.8 Å². The van der Waals surface area contributed by atoms with Crippen LogP contribution in [0.3, 0.4) is 0 Å². The minimum Gasteiger partial charge on any atom is -0.496 e. The zero-order valence-corrected chi connectivity index (χ0v) is 17.7. The summed E-state index contributed by atoms with van der Waals surface area (Å²) in [6, 6.07) is 8.96. The molecule has 0 aliphatic heterocycles. The number of benzene rings is 1. The molecule has 0 fully saturated rings. The third kappa shape index (κ3) is 4.45. The quantitative estimate of drug-likeness (QED) is 0.492. The van der Waals surface area contributed by atoms with Crippen LogP contribution in [0.4, 0.5) is 13.2 Å². The summed E-state index contributed by atoms with van der Waals surface area (Å²) >= 11 is 0. The molecule has 0 radical (unpaired) electrons. The molecule has 31 heavy (non-hydrogen) atoms. The lowest BCUT2D eigenvalue weighted by Crippen LogP contribution is -2.20. The minimum atomic E-state index is -4.57. The Morgan fingerprint density at radius 2 is 1.87 bits per heavy atom. The van der Waals surface area contributed by atoms with Crippen LogP contribution in [0.1, 0.15) is 30.0 Å². The molecule has 0 aliphatic carbocycles. The number of nitrogens with zero attached hydrogens (tertiary/aromatic N) is 2. The smallest absolute Gasteiger partial charge is 0.422 e. The van der Waals surface area contributed by atoms with Crippen LogP contribution in [0.5, 0.6) is 11.5 Å². The molecule has 0 atom stereocenters. The van der Waals surface area contributed by atoms with Gasteiger partial charge in [0, 0.05) is 18.2 Å². The maximum Gasteiger partial charge on any atom is 0.422 e. The van der Waals surface area contributed by atoms with Crippen LogP contribution in [0.2, 0.25) is 0 Å². The van der Waals surface area contributed by atoms with Gasteiger partial charge in [-0.05, 0) is 25.5 Å². The predicted octanol–water partition coefficient (Wildman–Crippen LogP) is 4.93. The Labute approximate surface area is 177 Å². The highest BCUT2D eigenvalue weighted by molar-refractivity contribution is 6.02. The van der Waals surface area contributed by atoms with Gasteiger partial charge in [-0.25, -0.2) is 9.78 Å². The van der Waals surface area contributed by atoms with Crippen molar-refractivity contribution >= 4 is 17.0 Å². The Morgan fingerprint density at radius 1 is 1.16 bits per heavy atom. The largest absolute Gasteiger partial charge is 0.496 e. The average molecular weight is 436 g/mol. The van der Waals surface area contributed by atoms with Gasteiger partial charge in [-0.1, -0.05) is 25.1 Å². The van der Waals surface area contributed by atoms with Gasteiger partial charge in [0.1, 0.15) is 11.4 Å². The number of methoxy groups -OCH3 is 1. The number of rotatable bonds is 7. The highest BCUT2D eigenvalue weighted by Crippen LogP contribution is 2.39. The van der Waals surface area contributed by atoms with E-state index in [0.717, 1.165) is 5.56 Å². The first-order valence-electron chi connectivity index (χ1n) is 9.74. The van der Waals surface area contributed by atoms with Gasteiger partial charge in [0.15, 0.2) is 18.1 Å². The topological polar surface area (TPSA) is 62.6 Å². The number of carbonyl (C=O) groups excluding carboxylic acids is 1. The number of halogens is 3. The Kier molecular flexibility index (Phi) is 6.42. The first-order chi connectivity index (χ1) is 14.7. The molecule has 3 aromatic rings. The molecule has 2 heterocycles. The summed E-state index contributed by atoms with van der Waals surface area (Å²) in [7, 11) is 3.08. The molecule has 9 heteroatoms. The molecule has 0 unspecified atom stereocenters. The van der Waals surface area contributed by atoms with Crippen molar-refractivity contribution in [3.05, 3.63) is 41.7 Å². The summed E-state index contributed by atoms with van der Waals surface area (Å²) in [5.74, 6) is -0.394. The van der Waals surface area contributed by atoms with Crippen molar-refractivity contribution in [2.45, 2.75) is 26.4 Å². The highest BCUT2D eigenvalue weighted by Gasteiger charge is 2.32. The van der Waals surface area contributed by atoms with E-state index < -0.39 is 18.8 Å². The van der Waals surface area contributed by atoms with E-state index >= 15 is 0 Å². The summed E-state index contributed by atoms with van der Waals surface area (Å²) in [5, 5.41) is 0.285. The lowest BCUT2D eigenvalue weighted by Gasteiger charge is -2.13. The monoisotopic (exact) mass is 436 g/mol. The van der Waals surface area contributed by atoms with E-state index in [1.807, 2.05) is 25.1 Å². The van der Waals surface area contributed by atoms with E-state index in [1.165, 1.54) is 11.7 Å². The van der Waals surface area contributed by atoms with E-state index in [2.05, 4.69) is 4.98 Å². The average Bonchev–Trinajstić information content (AvgIpc) is 3.01. The molecule has 3 rings (SSSR count). The second kappa shape index (κ2) is 8.87. The molecule has 0 saturated carbocycles. The van der Waals surface area contributed by atoms with Crippen molar-refractivity contribution in [1.29, 1.82) is 0 Å². The van der Waals surface area contributed by atoms with E-state index in [0.29, 0.717) is 29.1 Å². The summed E-state index contributed by atoms with van der Waals surface area (Å²) in [4.78, 5) is 17.2. The zero-order chi connectivity index (χ0) is 22.8. The van der Waals surface area contributed by atoms with Crippen molar-refractivity contribution in [1.82, 2.24) is 9.55 Å². The van der Waals surface area contributed by atoms with Crippen LogP contribution < -0.4 is 9.47 Å². The molecular formula is C22H23F3N2O4. The van der Waals surface area contributed by atoms with E-state index in [4.69, 9.17) is 14.2 Å². The van der Waals surface area contributed by atoms with Crippen LogP contribution in [0.25, 0.3) is 22.2 Å². The van der Waals surface area contributed by atoms with Crippen LogP contribution in [-0.2, 0) is 18.2 Å². The predicted molar refractivity (Wildman–Crippen MR) is 110 cm³/mol. The number of ether oxygens (including phenoxy) is 3. The second-order valence-corrected chi connectivity index (χ2v) is 6.77. The van der Waals surface area contributed by atoms with Crippen molar-refractivity contribution in [3.63, 3.8) is 0 Å². The first-order valence-corrected chi connectivity index (χ1v) is 9.74. The third-order valence-electron chi connectivity index (χ3n) is 4.78. The van der Waals surface area contributed by atoms with Gasteiger partial charge in [0.05, 0.1) is 24.8 Å². The van der Waals surface area contributed by atoms with Crippen LogP contribution >= 0.6 is 0 Å². The number of carbonyl (C=O) groups is 1. The Bertz CT molecular complexity index is 1110. The highest BCUT2D eigenvalue weighted by atomic mass is 19.4. The van der Waals surface area contributed by atoms with Gasteiger partial charge in [-0.2, -0.15) is 13.2 Å². The fourth-order valence-electron chi connectivity index (χ4n) is 3.45. The number of hydrogen-bond acceptors (Lipinski definition) is 5. The molecule has 0 saturated heterocycles. The molecule has 0 N–H and O–H groups in total. The summed E-state index contributed by atoms with van der Waals surface area (Å²) in [6.07, 6.45) is -4.02. The van der Waals surface area contributed by atoms with Crippen LogP contribution in [0, 0.1) is 0 Å². The molecule has 6 nitrogen and oxygen atoms in total. The number of fused-ring (bicyclic) bond motifs is 1.